The number of hydrogen-bond donors (Lipinski definition) is 1. The van der Waals surface area contributed by atoms with Gasteiger partial charge < -0.3 is 14.8 Å². The third kappa shape index (κ3) is 4.63. The molecule has 0 saturated heterocycles. The molecule has 6 heteroatoms. The highest BCUT2D eigenvalue weighted by atomic mass is 35.5. The number of esters is 1. The summed E-state index contributed by atoms with van der Waals surface area (Å²) < 4.78 is 10.6. The van der Waals surface area contributed by atoms with E-state index in [1.807, 2.05) is 13.8 Å². The molecule has 0 saturated carbocycles. The molecule has 1 amide bonds. The minimum absolute atomic E-state index is 0.251. The van der Waals surface area contributed by atoms with Crippen molar-refractivity contribution in [3.05, 3.63) is 28.8 Å². The molecule has 2 rings (SSSR count). The lowest BCUT2D eigenvalue weighted by molar-refractivity contribution is -0.153. The van der Waals surface area contributed by atoms with Gasteiger partial charge in [-0.3, -0.25) is 9.59 Å². The molecule has 1 atom stereocenters. The quantitative estimate of drug-likeness (QED) is 0.843. The molecule has 22 heavy (non-hydrogen) atoms. The van der Waals surface area contributed by atoms with Crippen molar-refractivity contribution in [3.63, 3.8) is 0 Å². The molecule has 1 aliphatic rings. The van der Waals surface area contributed by atoms with Crippen LogP contribution < -0.4 is 10.1 Å². The van der Waals surface area contributed by atoms with Crippen molar-refractivity contribution < 1.29 is 19.1 Å². The zero-order valence-corrected chi connectivity index (χ0v) is 13.5. The van der Waals surface area contributed by atoms with Crippen LogP contribution in [0.15, 0.2) is 18.2 Å². The van der Waals surface area contributed by atoms with Gasteiger partial charge in [-0.05, 0) is 36.1 Å². The first-order valence-electron chi connectivity index (χ1n) is 7.30. The smallest absolute Gasteiger partial charge is 0.313 e. The summed E-state index contributed by atoms with van der Waals surface area (Å²) in [6.07, 6.45) is 0.502. The molecule has 1 heterocycles. The van der Waals surface area contributed by atoms with E-state index in [1.54, 1.807) is 18.2 Å². The summed E-state index contributed by atoms with van der Waals surface area (Å²) in [5.74, 6) is -0.0350. The number of fused-ring (bicyclic) bond motifs is 1. The fourth-order valence-corrected chi connectivity index (χ4v) is 2.33. The van der Waals surface area contributed by atoms with Gasteiger partial charge in [0.05, 0.1) is 5.92 Å². The van der Waals surface area contributed by atoms with Gasteiger partial charge in [0.25, 0.3) is 5.91 Å². The lowest BCUT2D eigenvalue weighted by Gasteiger charge is -2.24. The van der Waals surface area contributed by atoms with Crippen molar-refractivity contribution >= 4 is 23.5 Å². The van der Waals surface area contributed by atoms with Crippen LogP contribution in [0.1, 0.15) is 19.4 Å². The number of ether oxygens (including phenoxy) is 2. The zero-order chi connectivity index (χ0) is 16.1. The standard InChI is InChI=1S/C16H20ClNO4/c1-10(2)7-18-15(19)9-22-16(20)12-5-11-6-13(17)3-4-14(11)21-8-12/h3-4,6,10,12H,5,7-9H2,1-2H3,(H,18,19)/t12-/m1/s1. The maximum Gasteiger partial charge on any atom is 0.313 e. The van der Waals surface area contributed by atoms with Crippen LogP contribution in [0.25, 0.3) is 0 Å². The van der Waals surface area contributed by atoms with Crippen LogP contribution in [0.2, 0.25) is 5.02 Å². The fourth-order valence-electron chi connectivity index (χ4n) is 2.14. The van der Waals surface area contributed by atoms with E-state index in [1.165, 1.54) is 0 Å². The second-order valence-electron chi connectivity index (χ2n) is 5.77. The summed E-state index contributed by atoms with van der Waals surface area (Å²) in [6, 6.07) is 5.32. The SMILES string of the molecule is CC(C)CNC(=O)COC(=O)[C@H]1COc2ccc(Cl)cc2C1. The summed E-state index contributed by atoms with van der Waals surface area (Å²) in [4.78, 5) is 23.6. The van der Waals surface area contributed by atoms with E-state index >= 15 is 0 Å². The summed E-state index contributed by atoms with van der Waals surface area (Å²) in [7, 11) is 0. The van der Waals surface area contributed by atoms with Crippen molar-refractivity contribution in [2.24, 2.45) is 11.8 Å². The highest BCUT2D eigenvalue weighted by Crippen LogP contribution is 2.30. The lowest BCUT2D eigenvalue weighted by atomic mass is 9.97. The second kappa shape index (κ2) is 7.49. The van der Waals surface area contributed by atoms with Gasteiger partial charge >= 0.3 is 5.97 Å². The van der Waals surface area contributed by atoms with Crippen molar-refractivity contribution in [2.75, 3.05) is 19.8 Å². The molecule has 5 nitrogen and oxygen atoms in total. The zero-order valence-electron chi connectivity index (χ0n) is 12.7. The van der Waals surface area contributed by atoms with Crippen molar-refractivity contribution in [1.82, 2.24) is 5.32 Å². The molecular formula is C16H20ClNO4. The second-order valence-corrected chi connectivity index (χ2v) is 6.21. The Hall–Kier alpha value is -1.75. The number of carbonyl (C=O) groups excluding carboxylic acids is 2. The Labute approximate surface area is 134 Å². The monoisotopic (exact) mass is 325 g/mol. The summed E-state index contributed by atoms with van der Waals surface area (Å²) in [6.45, 7) is 4.54. The Kier molecular flexibility index (Phi) is 5.66. The van der Waals surface area contributed by atoms with Gasteiger partial charge in [0.15, 0.2) is 6.61 Å². The van der Waals surface area contributed by atoms with Crippen molar-refractivity contribution in [2.45, 2.75) is 20.3 Å². The number of nitrogens with one attached hydrogen (secondary N) is 1. The normalized spacial score (nSPS) is 16.6. The third-order valence-corrected chi connectivity index (χ3v) is 3.55. The van der Waals surface area contributed by atoms with E-state index in [0.717, 1.165) is 11.3 Å². The minimum Gasteiger partial charge on any atom is -0.492 e. The number of carbonyl (C=O) groups is 2. The van der Waals surface area contributed by atoms with Crippen LogP contribution in [0.5, 0.6) is 5.75 Å². The molecule has 1 aliphatic heterocycles. The first-order chi connectivity index (χ1) is 10.5. The minimum atomic E-state index is -0.426. The topological polar surface area (TPSA) is 64.6 Å². The number of hydrogen-bond acceptors (Lipinski definition) is 4. The Morgan fingerprint density at radius 1 is 1.45 bits per heavy atom. The van der Waals surface area contributed by atoms with Crippen LogP contribution in [0, 0.1) is 11.8 Å². The number of benzene rings is 1. The maximum absolute atomic E-state index is 12.0. The van der Waals surface area contributed by atoms with Gasteiger partial charge in [-0.15, -0.1) is 0 Å². The lowest BCUT2D eigenvalue weighted by Crippen LogP contribution is -2.35. The summed E-state index contributed by atoms with van der Waals surface area (Å²) in [5, 5.41) is 3.30. The van der Waals surface area contributed by atoms with Gasteiger partial charge in [0.2, 0.25) is 0 Å². The van der Waals surface area contributed by atoms with Gasteiger partial charge in [0.1, 0.15) is 12.4 Å². The van der Waals surface area contributed by atoms with Gasteiger partial charge in [0, 0.05) is 11.6 Å². The molecule has 1 N–H and O–H groups in total. The van der Waals surface area contributed by atoms with E-state index in [-0.39, 0.29) is 19.1 Å². The predicted molar refractivity (Wildman–Crippen MR) is 82.9 cm³/mol. The van der Waals surface area contributed by atoms with Gasteiger partial charge in [-0.1, -0.05) is 25.4 Å². The van der Waals surface area contributed by atoms with Crippen molar-refractivity contribution in [3.8, 4) is 5.75 Å². The summed E-state index contributed by atoms with van der Waals surface area (Å²) in [5.41, 5.74) is 0.880. The molecule has 0 fully saturated rings. The Balaban J connectivity index is 1.83. The van der Waals surface area contributed by atoms with Crippen molar-refractivity contribution in [1.29, 1.82) is 0 Å². The van der Waals surface area contributed by atoms with Crippen LogP contribution >= 0.6 is 11.6 Å². The average molecular weight is 326 g/mol. The molecule has 120 valence electrons. The molecular weight excluding hydrogens is 306 g/mol. The van der Waals surface area contributed by atoms with Crippen LogP contribution in [0.4, 0.5) is 0 Å². The van der Waals surface area contributed by atoms with Crippen LogP contribution in [-0.2, 0) is 20.7 Å². The highest BCUT2D eigenvalue weighted by Gasteiger charge is 2.27. The van der Waals surface area contributed by atoms with Gasteiger partial charge in [-0.2, -0.15) is 0 Å². The molecule has 0 radical (unpaired) electrons. The predicted octanol–water partition coefficient (Wildman–Crippen LogP) is 2.21. The first-order valence-corrected chi connectivity index (χ1v) is 7.68. The molecule has 0 spiro atoms. The Morgan fingerprint density at radius 3 is 2.95 bits per heavy atom. The average Bonchev–Trinajstić information content (AvgIpc) is 2.49. The number of amides is 1. The molecule has 0 aliphatic carbocycles. The van der Waals surface area contributed by atoms with Crippen LogP contribution in [-0.4, -0.2) is 31.6 Å². The largest absolute Gasteiger partial charge is 0.492 e. The molecule has 0 unspecified atom stereocenters. The third-order valence-electron chi connectivity index (χ3n) is 3.32. The van der Waals surface area contributed by atoms with E-state index < -0.39 is 11.9 Å². The highest BCUT2D eigenvalue weighted by molar-refractivity contribution is 6.30. The van der Waals surface area contributed by atoms with Gasteiger partial charge in [-0.25, -0.2) is 0 Å². The summed E-state index contributed by atoms with van der Waals surface area (Å²) >= 11 is 5.94. The number of rotatable bonds is 5. The molecule has 0 aromatic heterocycles. The Bertz CT molecular complexity index is 559. The van der Waals surface area contributed by atoms with E-state index in [9.17, 15) is 9.59 Å². The molecule has 1 aromatic carbocycles. The molecule has 0 bridgehead atoms. The number of halogens is 1. The first kappa shape index (κ1) is 16.6. The fraction of sp³-hybridized carbons (Fsp3) is 0.500. The van der Waals surface area contributed by atoms with E-state index in [4.69, 9.17) is 21.1 Å². The molecule has 1 aromatic rings. The van der Waals surface area contributed by atoms with Crippen LogP contribution in [0.3, 0.4) is 0 Å². The van der Waals surface area contributed by atoms with E-state index in [0.29, 0.717) is 23.9 Å². The Morgan fingerprint density at radius 2 is 2.23 bits per heavy atom. The maximum atomic E-state index is 12.0. The van der Waals surface area contributed by atoms with E-state index in [2.05, 4.69) is 5.32 Å².